The molecule has 2 aliphatic heterocycles. The number of carbonyl (C=O) groups is 1. The Bertz CT molecular complexity index is 1190. The van der Waals surface area contributed by atoms with Gasteiger partial charge >= 0.3 is 0 Å². The van der Waals surface area contributed by atoms with E-state index in [4.69, 9.17) is 14.2 Å². The van der Waals surface area contributed by atoms with E-state index < -0.39 is 0 Å². The quantitative estimate of drug-likeness (QED) is 0.365. The van der Waals surface area contributed by atoms with Gasteiger partial charge in [-0.15, -0.1) is 0 Å². The van der Waals surface area contributed by atoms with Gasteiger partial charge in [-0.25, -0.2) is 0 Å². The van der Waals surface area contributed by atoms with Crippen LogP contribution in [0, 0.1) is 0 Å². The van der Waals surface area contributed by atoms with Gasteiger partial charge in [0.1, 0.15) is 11.5 Å². The van der Waals surface area contributed by atoms with Gasteiger partial charge in [-0.2, -0.15) is 0 Å². The predicted octanol–water partition coefficient (Wildman–Crippen LogP) is 5.54. The van der Waals surface area contributed by atoms with Gasteiger partial charge in [0.2, 0.25) is 0 Å². The third-order valence-corrected chi connectivity index (χ3v) is 8.43. The van der Waals surface area contributed by atoms with Crippen molar-refractivity contribution in [3.8, 4) is 11.5 Å². The highest BCUT2D eigenvalue weighted by Crippen LogP contribution is 2.42. The summed E-state index contributed by atoms with van der Waals surface area (Å²) in [5, 5.41) is 0. The Morgan fingerprint density at radius 3 is 2.15 bits per heavy atom. The molecule has 6 heteroatoms. The number of hydrogen-bond donors (Lipinski definition) is 0. The molecule has 3 aromatic carbocycles. The topological polar surface area (TPSA) is 51.2 Å². The SMILES string of the molecule is COCC1CCCN1C(=O)c1cccc(CN2CCCC(c3ccc(OC)cc3)(c3ccc(OC)cc3)C2)c1. The lowest BCUT2D eigenvalue weighted by atomic mass is 9.69. The first-order valence-corrected chi connectivity index (χ1v) is 14.0. The molecule has 1 unspecified atom stereocenters. The van der Waals surface area contributed by atoms with Crippen molar-refractivity contribution >= 4 is 5.91 Å². The van der Waals surface area contributed by atoms with Crippen LogP contribution < -0.4 is 9.47 Å². The van der Waals surface area contributed by atoms with Crippen LogP contribution in [0.3, 0.4) is 0 Å². The van der Waals surface area contributed by atoms with Crippen LogP contribution in [0.15, 0.2) is 72.8 Å². The molecule has 0 saturated carbocycles. The summed E-state index contributed by atoms with van der Waals surface area (Å²) in [6.07, 6.45) is 4.19. The first kappa shape index (κ1) is 27.2. The second kappa shape index (κ2) is 12.2. The lowest BCUT2D eigenvalue weighted by Crippen LogP contribution is -2.46. The first-order chi connectivity index (χ1) is 19.1. The number of carbonyl (C=O) groups excluding carboxylic acids is 1. The van der Waals surface area contributed by atoms with E-state index in [-0.39, 0.29) is 17.4 Å². The average molecular weight is 529 g/mol. The van der Waals surface area contributed by atoms with Crippen LogP contribution in [0.1, 0.15) is 52.7 Å². The van der Waals surface area contributed by atoms with Crippen molar-refractivity contribution in [3.63, 3.8) is 0 Å². The van der Waals surface area contributed by atoms with Crippen molar-refractivity contribution in [1.29, 1.82) is 0 Å². The van der Waals surface area contributed by atoms with Crippen molar-refractivity contribution in [2.75, 3.05) is 47.6 Å². The van der Waals surface area contributed by atoms with E-state index in [1.165, 1.54) is 16.7 Å². The molecule has 39 heavy (non-hydrogen) atoms. The summed E-state index contributed by atoms with van der Waals surface area (Å²) >= 11 is 0. The summed E-state index contributed by atoms with van der Waals surface area (Å²) in [6.45, 7) is 4.12. The van der Waals surface area contributed by atoms with Crippen LogP contribution in [-0.2, 0) is 16.7 Å². The van der Waals surface area contributed by atoms with Crippen molar-refractivity contribution in [2.45, 2.75) is 43.7 Å². The van der Waals surface area contributed by atoms with Gasteiger partial charge in [0.15, 0.2) is 0 Å². The maximum atomic E-state index is 13.4. The van der Waals surface area contributed by atoms with Crippen molar-refractivity contribution in [3.05, 3.63) is 95.1 Å². The normalized spacial score (nSPS) is 19.2. The molecule has 2 saturated heterocycles. The van der Waals surface area contributed by atoms with Gasteiger partial charge < -0.3 is 19.1 Å². The zero-order chi connectivity index (χ0) is 27.2. The molecular formula is C33H40N2O4. The van der Waals surface area contributed by atoms with Crippen molar-refractivity contribution < 1.29 is 19.0 Å². The third-order valence-electron chi connectivity index (χ3n) is 8.43. The second-order valence-electron chi connectivity index (χ2n) is 10.8. The van der Waals surface area contributed by atoms with E-state index in [2.05, 4.69) is 65.6 Å². The minimum absolute atomic E-state index is 0.112. The number of rotatable bonds is 9. The molecule has 5 rings (SSSR count). The highest BCUT2D eigenvalue weighted by Gasteiger charge is 2.39. The van der Waals surface area contributed by atoms with Gasteiger partial charge in [0.05, 0.1) is 26.9 Å². The predicted molar refractivity (Wildman–Crippen MR) is 154 cm³/mol. The van der Waals surface area contributed by atoms with E-state index in [0.29, 0.717) is 6.61 Å². The summed E-state index contributed by atoms with van der Waals surface area (Å²) in [7, 11) is 5.12. The van der Waals surface area contributed by atoms with Crippen LogP contribution in [0.2, 0.25) is 0 Å². The van der Waals surface area contributed by atoms with E-state index in [0.717, 1.165) is 68.9 Å². The number of ether oxygens (including phenoxy) is 3. The number of likely N-dealkylation sites (tertiary alicyclic amines) is 2. The van der Waals surface area contributed by atoms with Crippen molar-refractivity contribution in [1.82, 2.24) is 9.80 Å². The fraction of sp³-hybridized carbons (Fsp3) is 0.424. The largest absolute Gasteiger partial charge is 0.497 e. The highest BCUT2D eigenvalue weighted by atomic mass is 16.5. The Balaban J connectivity index is 1.39. The molecule has 1 atom stereocenters. The molecule has 2 fully saturated rings. The van der Waals surface area contributed by atoms with Crippen LogP contribution in [-0.4, -0.2) is 69.3 Å². The molecule has 0 bridgehead atoms. The minimum atomic E-state index is -0.146. The Morgan fingerprint density at radius 2 is 1.54 bits per heavy atom. The standard InChI is InChI=1S/C33H40N2O4/c1-37-23-29-9-5-20-35(29)32(36)26-8-4-7-25(21-26)22-34-19-6-18-33(24-34,27-10-14-30(38-2)15-11-27)28-12-16-31(39-3)17-13-28/h4,7-8,10-17,21,29H,5-6,9,18-20,22-24H2,1-3H3. The lowest BCUT2D eigenvalue weighted by Gasteiger charge is -2.44. The first-order valence-electron chi connectivity index (χ1n) is 14.0. The molecular weight excluding hydrogens is 488 g/mol. The minimum Gasteiger partial charge on any atom is -0.497 e. The van der Waals surface area contributed by atoms with Gasteiger partial charge in [-0.3, -0.25) is 9.69 Å². The molecule has 206 valence electrons. The zero-order valence-corrected chi connectivity index (χ0v) is 23.4. The molecule has 3 aromatic rings. The van der Waals surface area contributed by atoms with Crippen LogP contribution in [0.5, 0.6) is 11.5 Å². The fourth-order valence-corrected chi connectivity index (χ4v) is 6.43. The Kier molecular flexibility index (Phi) is 8.53. The van der Waals surface area contributed by atoms with Crippen molar-refractivity contribution in [2.24, 2.45) is 0 Å². The molecule has 0 spiro atoms. The third kappa shape index (κ3) is 5.82. The Labute approximate surface area is 232 Å². The molecule has 0 aliphatic carbocycles. The van der Waals surface area contributed by atoms with E-state index in [1.54, 1.807) is 21.3 Å². The maximum absolute atomic E-state index is 13.4. The molecule has 6 nitrogen and oxygen atoms in total. The summed E-state index contributed by atoms with van der Waals surface area (Å²) in [5.41, 5.74) is 4.38. The van der Waals surface area contributed by atoms with E-state index in [1.807, 2.05) is 17.0 Å². The smallest absolute Gasteiger partial charge is 0.254 e. The van der Waals surface area contributed by atoms with Crippen LogP contribution in [0.4, 0.5) is 0 Å². The number of methoxy groups -OCH3 is 3. The van der Waals surface area contributed by atoms with Gasteiger partial charge in [-0.1, -0.05) is 36.4 Å². The Hall–Kier alpha value is -3.35. The van der Waals surface area contributed by atoms with Gasteiger partial charge in [0.25, 0.3) is 5.91 Å². The number of benzene rings is 3. The Morgan fingerprint density at radius 1 is 0.872 bits per heavy atom. The molecule has 0 radical (unpaired) electrons. The number of nitrogens with zero attached hydrogens (tertiary/aromatic N) is 2. The molecule has 2 aliphatic rings. The molecule has 2 heterocycles. The summed E-state index contributed by atoms with van der Waals surface area (Å²) < 4.78 is 16.3. The molecule has 0 aromatic heterocycles. The lowest BCUT2D eigenvalue weighted by molar-refractivity contribution is 0.0630. The van der Waals surface area contributed by atoms with Gasteiger partial charge in [0, 0.05) is 37.7 Å². The van der Waals surface area contributed by atoms with E-state index >= 15 is 0 Å². The molecule has 1 amide bonds. The monoisotopic (exact) mass is 528 g/mol. The summed E-state index contributed by atoms with van der Waals surface area (Å²) in [6, 6.07) is 25.4. The van der Waals surface area contributed by atoms with Crippen LogP contribution >= 0.6 is 0 Å². The number of amides is 1. The maximum Gasteiger partial charge on any atom is 0.254 e. The summed E-state index contributed by atoms with van der Waals surface area (Å²) in [4.78, 5) is 17.9. The van der Waals surface area contributed by atoms with E-state index in [9.17, 15) is 4.79 Å². The van der Waals surface area contributed by atoms with Crippen LogP contribution in [0.25, 0.3) is 0 Å². The van der Waals surface area contributed by atoms with Gasteiger partial charge in [-0.05, 0) is 85.3 Å². The summed E-state index contributed by atoms with van der Waals surface area (Å²) in [5.74, 6) is 1.84. The zero-order valence-electron chi connectivity index (χ0n) is 23.4. The fourth-order valence-electron chi connectivity index (χ4n) is 6.43. The number of piperidine rings is 1. The second-order valence-corrected chi connectivity index (χ2v) is 10.8. The number of hydrogen-bond acceptors (Lipinski definition) is 5. The average Bonchev–Trinajstić information content (AvgIpc) is 3.45. The highest BCUT2D eigenvalue weighted by molar-refractivity contribution is 5.94. The molecule has 0 N–H and O–H groups in total.